The van der Waals surface area contributed by atoms with Crippen molar-refractivity contribution in [1.82, 2.24) is 0 Å². The number of ether oxygens (including phenoxy) is 1. The summed E-state index contributed by atoms with van der Waals surface area (Å²) in [5.74, 6) is -1.52. The molecule has 0 aliphatic heterocycles. The van der Waals surface area contributed by atoms with E-state index in [1.165, 1.54) is 12.8 Å². The number of carboxylic acid groups (broad SMARTS) is 1. The van der Waals surface area contributed by atoms with Crippen LogP contribution in [0.15, 0.2) is 0 Å². The number of hydrogen-bond acceptors (Lipinski definition) is 4. The molecule has 0 aromatic rings. The number of nitrogens with zero attached hydrogens (tertiary/aromatic N) is 1. The van der Waals surface area contributed by atoms with Gasteiger partial charge in [0.05, 0.1) is 40.1 Å². The Balaban J connectivity index is 4.16. The monoisotopic (exact) mass is 332 g/mol. The van der Waals surface area contributed by atoms with Crippen LogP contribution in [0.3, 0.4) is 0 Å². The summed E-state index contributed by atoms with van der Waals surface area (Å²) >= 11 is 0. The average Bonchev–Trinajstić information content (AvgIpc) is 2.35. The number of unbranched alkanes of at least 4 members (excludes halogenated alkanes) is 4. The van der Waals surface area contributed by atoms with Gasteiger partial charge in [-0.3, -0.25) is 9.59 Å². The van der Waals surface area contributed by atoms with E-state index in [0.717, 1.165) is 19.3 Å². The van der Waals surface area contributed by atoms with Crippen molar-refractivity contribution in [3.8, 4) is 0 Å². The van der Waals surface area contributed by atoms with Crippen molar-refractivity contribution in [2.24, 2.45) is 0 Å². The Labute approximate surface area is 140 Å². The van der Waals surface area contributed by atoms with E-state index < -0.39 is 24.1 Å². The average molecular weight is 332 g/mol. The normalized spacial score (nSPS) is 14.3. The van der Waals surface area contributed by atoms with Gasteiger partial charge in [-0.25, -0.2) is 0 Å². The first-order valence-corrected chi connectivity index (χ1v) is 8.53. The number of esters is 1. The summed E-state index contributed by atoms with van der Waals surface area (Å²) in [6, 6.07) is 0. The summed E-state index contributed by atoms with van der Waals surface area (Å²) in [4.78, 5) is 22.8. The molecule has 6 heteroatoms. The van der Waals surface area contributed by atoms with Gasteiger partial charge in [0.25, 0.3) is 0 Å². The van der Waals surface area contributed by atoms with Crippen molar-refractivity contribution in [1.29, 1.82) is 0 Å². The fraction of sp³-hybridized carbons (Fsp3) is 0.882. The standard InChI is InChI=1S/C17H33NO5/c1-5-6-7-8-9-10-14(19)11-17(22)23-15(12-16(20)21)13-18(2,3)4/h14-15,19H,5-13H2,1-4H3/p+1/t14-,15+/m0/s1. The highest BCUT2D eigenvalue weighted by atomic mass is 16.5. The third-order valence-electron chi connectivity index (χ3n) is 3.49. The van der Waals surface area contributed by atoms with Crippen LogP contribution in [-0.2, 0) is 14.3 Å². The fourth-order valence-corrected chi connectivity index (χ4v) is 2.46. The molecule has 0 unspecified atom stereocenters. The Kier molecular flexibility index (Phi) is 10.8. The molecule has 0 radical (unpaired) electrons. The second-order valence-electron chi connectivity index (χ2n) is 7.24. The molecular formula is C17H34NO5+. The van der Waals surface area contributed by atoms with Gasteiger partial charge in [0.1, 0.15) is 6.54 Å². The van der Waals surface area contributed by atoms with E-state index >= 15 is 0 Å². The van der Waals surface area contributed by atoms with Crippen LogP contribution in [0.2, 0.25) is 0 Å². The number of hydrogen-bond donors (Lipinski definition) is 2. The van der Waals surface area contributed by atoms with Gasteiger partial charge in [0, 0.05) is 0 Å². The number of aliphatic hydroxyl groups excluding tert-OH is 1. The third-order valence-corrected chi connectivity index (χ3v) is 3.49. The molecule has 136 valence electrons. The van der Waals surface area contributed by atoms with Gasteiger partial charge < -0.3 is 19.4 Å². The number of carbonyl (C=O) groups excluding carboxylic acids is 1. The van der Waals surface area contributed by atoms with Crippen LogP contribution in [0.25, 0.3) is 0 Å². The summed E-state index contributed by atoms with van der Waals surface area (Å²) in [5.41, 5.74) is 0. The van der Waals surface area contributed by atoms with Crippen LogP contribution in [0.4, 0.5) is 0 Å². The molecule has 0 aromatic carbocycles. The molecule has 0 heterocycles. The topological polar surface area (TPSA) is 83.8 Å². The molecule has 2 atom stereocenters. The van der Waals surface area contributed by atoms with E-state index in [4.69, 9.17) is 9.84 Å². The maximum absolute atomic E-state index is 11.9. The lowest BCUT2D eigenvalue weighted by Crippen LogP contribution is -2.44. The smallest absolute Gasteiger partial charge is 0.308 e. The number of carbonyl (C=O) groups is 2. The van der Waals surface area contributed by atoms with E-state index in [1.807, 2.05) is 21.1 Å². The number of likely N-dealkylation sites (N-methyl/N-ethyl adjacent to an activating group) is 1. The predicted octanol–water partition coefficient (Wildman–Crippen LogP) is 2.19. The summed E-state index contributed by atoms with van der Waals surface area (Å²) in [6.45, 7) is 2.57. The lowest BCUT2D eigenvalue weighted by Gasteiger charge is -2.28. The third kappa shape index (κ3) is 14.2. The van der Waals surface area contributed by atoms with Crippen LogP contribution in [0.5, 0.6) is 0 Å². The summed E-state index contributed by atoms with van der Waals surface area (Å²) < 4.78 is 5.76. The largest absolute Gasteiger partial charge is 0.481 e. The second kappa shape index (κ2) is 11.4. The van der Waals surface area contributed by atoms with Gasteiger partial charge in [-0.2, -0.15) is 0 Å². The van der Waals surface area contributed by atoms with Gasteiger partial charge in [0.2, 0.25) is 0 Å². The van der Waals surface area contributed by atoms with Crippen LogP contribution in [-0.4, -0.2) is 66.5 Å². The Morgan fingerprint density at radius 2 is 1.65 bits per heavy atom. The van der Waals surface area contributed by atoms with Crippen molar-refractivity contribution in [2.45, 2.75) is 70.5 Å². The number of rotatable bonds is 13. The number of aliphatic carboxylic acids is 1. The van der Waals surface area contributed by atoms with Crippen molar-refractivity contribution >= 4 is 11.9 Å². The molecule has 0 saturated carbocycles. The maximum atomic E-state index is 11.9. The highest BCUT2D eigenvalue weighted by Gasteiger charge is 2.25. The lowest BCUT2D eigenvalue weighted by atomic mass is 10.1. The molecule has 23 heavy (non-hydrogen) atoms. The zero-order valence-corrected chi connectivity index (χ0v) is 15.1. The molecule has 0 aliphatic rings. The first kappa shape index (κ1) is 21.9. The predicted molar refractivity (Wildman–Crippen MR) is 89.0 cm³/mol. The Morgan fingerprint density at radius 3 is 2.17 bits per heavy atom. The SMILES string of the molecule is CCCCCCC[C@H](O)CC(=O)O[C@H](CC(=O)O)C[N+](C)(C)C. The molecule has 0 rings (SSSR count). The number of aliphatic hydroxyl groups is 1. The molecule has 0 bridgehead atoms. The van der Waals surface area contributed by atoms with Gasteiger partial charge in [-0.15, -0.1) is 0 Å². The number of carboxylic acids is 1. The highest BCUT2D eigenvalue weighted by molar-refractivity contribution is 5.71. The first-order chi connectivity index (χ1) is 10.6. The quantitative estimate of drug-likeness (QED) is 0.307. The molecule has 6 nitrogen and oxygen atoms in total. The van der Waals surface area contributed by atoms with Gasteiger partial charge >= 0.3 is 11.9 Å². The molecule has 2 N–H and O–H groups in total. The summed E-state index contributed by atoms with van der Waals surface area (Å²) in [6.07, 6.45) is 4.39. The minimum atomic E-state index is -0.993. The second-order valence-corrected chi connectivity index (χ2v) is 7.24. The van der Waals surface area contributed by atoms with Crippen LogP contribution < -0.4 is 0 Å². The minimum Gasteiger partial charge on any atom is -0.481 e. The van der Waals surface area contributed by atoms with Crippen LogP contribution in [0.1, 0.15) is 58.3 Å². The van der Waals surface area contributed by atoms with Crippen LogP contribution in [0, 0.1) is 0 Å². The molecule has 0 spiro atoms. The molecule has 0 amide bonds. The lowest BCUT2D eigenvalue weighted by molar-refractivity contribution is -0.873. The Bertz CT molecular complexity index is 351. The van der Waals surface area contributed by atoms with Gasteiger partial charge in [0.15, 0.2) is 6.10 Å². The minimum absolute atomic E-state index is 0.0684. The van der Waals surface area contributed by atoms with Crippen LogP contribution >= 0.6 is 0 Å². The zero-order chi connectivity index (χ0) is 17.9. The summed E-state index contributed by atoms with van der Waals surface area (Å²) in [7, 11) is 5.73. The van der Waals surface area contributed by atoms with E-state index in [0.29, 0.717) is 17.4 Å². The molecule has 0 saturated heterocycles. The Morgan fingerprint density at radius 1 is 1.04 bits per heavy atom. The molecule has 0 fully saturated rings. The maximum Gasteiger partial charge on any atom is 0.308 e. The molecule has 0 aliphatic carbocycles. The van der Waals surface area contributed by atoms with Gasteiger partial charge in [-0.1, -0.05) is 39.0 Å². The number of quaternary nitrogens is 1. The van der Waals surface area contributed by atoms with Crippen molar-refractivity contribution in [3.63, 3.8) is 0 Å². The Hall–Kier alpha value is -1.14. The van der Waals surface area contributed by atoms with Crippen molar-refractivity contribution < 1.29 is 29.0 Å². The fourth-order valence-electron chi connectivity index (χ4n) is 2.46. The molecular weight excluding hydrogens is 298 g/mol. The summed E-state index contributed by atoms with van der Waals surface area (Å²) in [5, 5.41) is 18.8. The molecule has 0 aromatic heterocycles. The van der Waals surface area contributed by atoms with E-state index in [9.17, 15) is 14.7 Å². The van der Waals surface area contributed by atoms with Gasteiger partial charge in [-0.05, 0) is 6.42 Å². The highest BCUT2D eigenvalue weighted by Crippen LogP contribution is 2.12. The van der Waals surface area contributed by atoms with E-state index in [-0.39, 0.29) is 12.8 Å². The zero-order valence-electron chi connectivity index (χ0n) is 15.1. The van der Waals surface area contributed by atoms with E-state index in [1.54, 1.807) is 0 Å². The van der Waals surface area contributed by atoms with Crippen molar-refractivity contribution in [3.05, 3.63) is 0 Å². The first-order valence-electron chi connectivity index (χ1n) is 8.53. The van der Waals surface area contributed by atoms with Crippen molar-refractivity contribution in [2.75, 3.05) is 27.7 Å². The van der Waals surface area contributed by atoms with E-state index in [2.05, 4.69) is 6.92 Å².